The van der Waals surface area contributed by atoms with Gasteiger partial charge in [-0.3, -0.25) is 0 Å². The zero-order valence-corrected chi connectivity index (χ0v) is 45.4. The molecule has 16 rings (SSSR count). The highest BCUT2D eigenvalue weighted by Crippen LogP contribution is 2.65. The minimum Gasteiger partial charge on any atom is -0.458 e. The van der Waals surface area contributed by atoms with Crippen molar-refractivity contribution in [3.8, 4) is 56.3 Å². The van der Waals surface area contributed by atoms with Crippen molar-refractivity contribution >= 4 is 66.7 Å². The molecule has 77 heavy (non-hydrogen) atoms. The minimum absolute atomic E-state index is 0.0291. The number of ether oxygens (including phenoxy) is 1. The fraction of sp³-hybridized carbons (Fsp3) is 0.178. The summed E-state index contributed by atoms with van der Waals surface area (Å²) in [6.45, 7) is 20.8. The molecule has 4 heteroatoms. The Balaban J connectivity index is 1.07. The van der Waals surface area contributed by atoms with Crippen LogP contribution < -0.4 is 21.1 Å². The number of aromatic nitrogens is 2. The summed E-state index contributed by atoms with van der Waals surface area (Å²) in [5.41, 5.74) is 26.9. The van der Waals surface area contributed by atoms with Gasteiger partial charge in [0.2, 0.25) is 0 Å². The highest BCUT2D eigenvalue weighted by molar-refractivity contribution is 6.99. The van der Waals surface area contributed by atoms with E-state index in [9.17, 15) is 0 Å². The van der Waals surface area contributed by atoms with Gasteiger partial charge >= 0.3 is 0 Å². The van der Waals surface area contributed by atoms with E-state index in [2.05, 4.69) is 266 Å². The van der Waals surface area contributed by atoms with E-state index in [1.165, 1.54) is 138 Å². The Bertz CT molecular complexity index is 4500. The SMILES string of the molecule is CC(C)(C)c1ccc(-c2cc3c4c(c2)-n2c5ccccc5c5c2c(cc2c6ccccc6n(-c6cc(C(C)(C)C)cc(C(C)(C)C)c6)c25)B4c2ccc4c(c2O3)C2(c3ccccc3-c3ccccc32)c2ccccc2-4)cc1. The number of hydrogen-bond donors (Lipinski definition) is 0. The van der Waals surface area contributed by atoms with Gasteiger partial charge in [0.25, 0.3) is 6.71 Å². The van der Waals surface area contributed by atoms with E-state index in [0.29, 0.717) is 0 Å². The Morgan fingerprint density at radius 2 is 0.961 bits per heavy atom. The summed E-state index contributed by atoms with van der Waals surface area (Å²) in [5.74, 6) is 1.89. The number of benzene rings is 10. The van der Waals surface area contributed by atoms with Gasteiger partial charge in [-0.05, 0) is 136 Å². The van der Waals surface area contributed by atoms with Gasteiger partial charge in [-0.1, -0.05) is 220 Å². The molecule has 12 aromatic rings. The zero-order valence-electron chi connectivity index (χ0n) is 45.4. The van der Waals surface area contributed by atoms with Crippen molar-refractivity contribution in [2.75, 3.05) is 0 Å². The Kier molecular flexibility index (Phi) is 8.74. The predicted molar refractivity (Wildman–Crippen MR) is 324 cm³/mol. The average molecular weight is 991 g/mol. The van der Waals surface area contributed by atoms with E-state index in [-0.39, 0.29) is 23.0 Å². The first-order valence-corrected chi connectivity index (χ1v) is 27.7. The van der Waals surface area contributed by atoms with Crippen LogP contribution >= 0.6 is 0 Å². The number of nitrogens with zero attached hydrogens (tertiary/aromatic N) is 2. The normalized spacial score (nSPS) is 14.5. The van der Waals surface area contributed by atoms with Crippen molar-refractivity contribution in [1.82, 2.24) is 9.13 Å². The lowest BCUT2D eigenvalue weighted by molar-refractivity contribution is 0.476. The Morgan fingerprint density at radius 3 is 1.57 bits per heavy atom. The summed E-state index contributed by atoms with van der Waals surface area (Å²) in [4.78, 5) is 0. The van der Waals surface area contributed by atoms with Gasteiger partial charge in [-0.15, -0.1) is 0 Å². The van der Waals surface area contributed by atoms with E-state index < -0.39 is 5.41 Å². The number of para-hydroxylation sites is 2. The highest BCUT2D eigenvalue weighted by Gasteiger charge is 2.55. The quantitative estimate of drug-likeness (QED) is 0.158. The molecule has 2 aliphatic heterocycles. The third-order valence-electron chi connectivity index (χ3n) is 18.2. The molecule has 0 atom stereocenters. The van der Waals surface area contributed by atoms with Gasteiger partial charge in [0, 0.05) is 38.5 Å². The standard InChI is InChI=1S/C73H59BN2O/c1-70(2,3)44-32-30-42(31-33-44)43-36-62-66-63(37-43)77-69-58(35-34-52-50-22-12-17-27-57(50)73(65(52)69)55-25-15-10-20-48(55)49-21-11-16-26-56(49)73)74(66)59-41-54-51-23-13-18-28-60(51)75(47-39-45(71(4,5)6)38-46(40-47)72(7,8)9)67(54)64-53-24-14-19-29-61(53)76(62)68(59)64/h10-41H,1-9H3. The van der Waals surface area contributed by atoms with E-state index in [1.54, 1.807) is 0 Å². The summed E-state index contributed by atoms with van der Waals surface area (Å²) in [5, 5.41) is 5.05. The molecule has 370 valence electrons. The fourth-order valence-corrected chi connectivity index (χ4v) is 14.6. The molecule has 0 bridgehead atoms. The van der Waals surface area contributed by atoms with Gasteiger partial charge in [0.15, 0.2) is 0 Å². The summed E-state index contributed by atoms with van der Waals surface area (Å²) in [6, 6.07) is 74.6. The predicted octanol–water partition coefficient (Wildman–Crippen LogP) is 16.7. The van der Waals surface area contributed by atoms with Crippen molar-refractivity contribution in [2.24, 2.45) is 0 Å². The topological polar surface area (TPSA) is 19.1 Å². The van der Waals surface area contributed by atoms with E-state index in [4.69, 9.17) is 4.74 Å². The summed E-state index contributed by atoms with van der Waals surface area (Å²) in [7, 11) is 0. The van der Waals surface area contributed by atoms with Crippen LogP contribution in [0.25, 0.3) is 88.4 Å². The fourth-order valence-electron chi connectivity index (χ4n) is 14.6. The molecule has 10 aromatic carbocycles. The molecule has 0 N–H and O–H groups in total. The maximum atomic E-state index is 7.93. The molecule has 0 fully saturated rings. The van der Waals surface area contributed by atoms with Crippen LogP contribution in [-0.4, -0.2) is 15.8 Å². The first-order chi connectivity index (χ1) is 37.1. The van der Waals surface area contributed by atoms with Gasteiger partial charge < -0.3 is 13.9 Å². The molecule has 0 saturated heterocycles. The molecule has 4 aliphatic rings. The molecule has 0 unspecified atom stereocenters. The molecule has 2 aromatic heterocycles. The van der Waals surface area contributed by atoms with Crippen LogP contribution in [0.5, 0.6) is 11.5 Å². The second-order valence-electron chi connectivity index (χ2n) is 25.6. The van der Waals surface area contributed by atoms with Crippen molar-refractivity contribution < 1.29 is 4.74 Å². The largest absolute Gasteiger partial charge is 0.458 e. The van der Waals surface area contributed by atoms with Crippen LogP contribution in [0, 0.1) is 0 Å². The Labute approximate surface area is 451 Å². The summed E-state index contributed by atoms with van der Waals surface area (Å²) in [6.07, 6.45) is 0. The smallest absolute Gasteiger partial charge is 0.256 e. The van der Waals surface area contributed by atoms with Gasteiger partial charge in [-0.25, -0.2) is 0 Å². The Morgan fingerprint density at radius 1 is 0.416 bits per heavy atom. The van der Waals surface area contributed by atoms with Crippen LogP contribution in [0.2, 0.25) is 0 Å². The van der Waals surface area contributed by atoms with Gasteiger partial charge in [0.1, 0.15) is 11.5 Å². The lowest BCUT2D eigenvalue weighted by atomic mass is 9.34. The minimum atomic E-state index is -0.588. The maximum Gasteiger partial charge on any atom is 0.256 e. The number of rotatable bonds is 2. The van der Waals surface area contributed by atoms with Crippen LogP contribution in [-0.2, 0) is 21.7 Å². The summed E-state index contributed by atoms with van der Waals surface area (Å²) >= 11 is 0. The summed E-state index contributed by atoms with van der Waals surface area (Å²) < 4.78 is 13.2. The molecule has 3 nitrogen and oxygen atoms in total. The first kappa shape index (κ1) is 44.9. The van der Waals surface area contributed by atoms with E-state index in [0.717, 1.165) is 17.1 Å². The third kappa shape index (κ3) is 5.83. The molecule has 4 heterocycles. The monoisotopic (exact) mass is 990 g/mol. The highest BCUT2D eigenvalue weighted by atomic mass is 16.5. The maximum absolute atomic E-state index is 7.93. The zero-order chi connectivity index (χ0) is 52.2. The lowest BCUT2D eigenvalue weighted by Crippen LogP contribution is -2.58. The molecular weight excluding hydrogens is 932 g/mol. The van der Waals surface area contributed by atoms with Crippen molar-refractivity contribution in [3.63, 3.8) is 0 Å². The average Bonchev–Trinajstić information content (AvgIpc) is 3.85. The van der Waals surface area contributed by atoms with E-state index in [1.807, 2.05) is 0 Å². The molecule has 0 saturated carbocycles. The van der Waals surface area contributed by atoms with Crippen molar-refractivity contribution in [2.45, 2.75) is 84.0 Å². The van der Waals surface area contributed by atoms with Crippen LogP contribution in [0.1, 0.15) is 101 Å². The second-order valence-corrected chi connectivity index (χ2v) is 25.6. The first-order valence-electron chi connectivity index (χ1n) is 27.7. The van der Waals surface area contributed by atoms with Crippen molar-refractivity contribution in [1.29, 1.82) is 0 Å². The van der Waals surface area contributed by atoms with Gasteiger partial charge in [0.05, 0.1) is 27.5 Å². The number of fused-ring (bicyclic) bond motifs is 22. The molecule has 0 radical (unpaired) electrons. The number of hydrogen-bond acceptors (Lipinski definition) is 1. The molecule has 1 spiro atoms. The molecule has 0 amide bonds. The van der Waals surface area contributed by atoms with Crippen LogP contribution in [0.4, 0.5) is 0 Å². The lowest BCUT2D eigenvalue weighted by Gasteiger charge is -2.38. The van der Waals surface area contributed by atoms with Crippen molar-refractivity contribution in [3.05, 3.63) is 233 Å². The third-order valence-corrected chi connectivity index (χ3v) is 18.2. The van der Waals surface area contributed by atoms with Crippen LogP contribution in [0.15, 0.2) is 194 Å². The Hall–Kier alpha value is -8.34. The molecule has 2 aliphatic carbocycles. The second kappa shape index (κ2) is 15.0. The molecular formula is C73H59BN2O. The van der Waals surface area contributed by atoms with Crippen LogP contribution in [0.3, 0.4) is 0 Å². The van der Waals surface area contributed by atoms with E-state index >= 15 is 0 Å². The van der Waals surface area contributed by atoms with Gasteiger partial charge in [-0.2, -0.15) is 0 Å².